The summed E-state index contributed by atoms with van der Waals surface area (Å²) in [5, 5.41) is 3.24. The molecule has 0 amide bonds. The lowest BCUT2D eigenvalue weighted by molar-refractivity contribution is 1.10. The van der Waals surface area contributed by atoms with Crippen molar-refractivity contribution in [2.24, 2.45) is 0 Å². The van der Waals surface area contributed by atoms with Gasteiger partial charge in [0.2, 0.25) is 0 Å². The molecule has 0 spiro atoms. The Bertz CT molecular complexity index is 531. The highest BCUT2D eigenvalue weighted by Crippen LogP contribution is 2.27. The molecule has 0 saturated heterocycles. The van der Waals surface area contributed by atoms with Crippen molar-refractivity contribution >= 4 is 22.9 Å². The number of aromatic nitrogens is 1. The van der Waals surface area contributed by atoms with Gasteiger partial charge in [-0.15, -0.1) is 22.9 Å². The zero-order valence-electron chi connectivity index (χ0n) is 10.4. The Labute approximate surface area is 111 Å². The van der Waals surface area contributed by atoms with Crippen molar-refractivity contribution in [3.05, 3.63) is 39.2 Å². The summed E-state index contributed by atoms with van der Waals surface area (Å²) in [7, 11) is 0. The highest BCUT2D eigenvalue weighted by molar-refractivity contribution is 7.10. The quantitative estimate of drug-likeness (QED) is 0.744. The summed E-state index contributed by atoms with van der Waals surface area (Å²) in [5.74, 6) is 0.638. The van der Waals surface area contributed by atoms with E-state index in [2.05, 4.69) is 43.3 Å². The van der Waals surface area contributed by atoms with Gasteiger partial charge in [-0.2, -0.15) is 0 Å². The highest BCUT2D eigenvalue weighted by Gasteiger charge is 2.08. The molecule has 0 saturated carbocycles. The molecule has 2 rings (SSSR count). The van der Waals surface area contributed by atoms with Gasteiger partial charge in [-0.25, -0.2) is 4.98 Å². The number of alkyl halides is 1. The Morgan fingerprint density at radius 1 is 1.12 bits per heavy atom. The molecule has 1 aromatic heterocycles. The molecule has 0 atom stereocenters. The second kappa shape index (κ2) is 5.19. The number of aryl methyl sites for hydroxylation is 4. The average Bonchev–Trinajstić information content (AvgIpc) is 2.72. The Hall–Kier alpha value is -0.860. The fourth-order valence-electron chi connectivity index (χ4n) is 1.87. The summed E-state index contributed by atoms with van der Waals surface area (Å²) in [6.07, 6.45) is 0.857. The molecule has 1 aromatic carbocycles. The molecule has 3 heteroatoms. The van der Waals surface area contributed by atoms with Gasteiger partial charge in [0.05, 0.1) is 10.7 Å². The van der Waals surface area contributed by atoms with Crippen LogP contribution in [-0.2, 0) is 6.42 Å². The van der Waals surface area contributed by atoms with Gasteiger partial charge in [-0.05, 0) is 43.5 Å². The van der Waals surface area contributed by atoms with E-state index < -0.39 is 0 Å². The molecule has 0 aliphatic rings. The molecule has 1 heterocycles. The van der Waals surface area contributed by atoms with Crippen LogP contribution in [0.1, 0.15) is 21.7 Å². The Morgan fingerprint density at radius 3 is 2.53 bits per heavy atom. The first kappa shape index (κ1) is 12.6. The fraction of sp³-hybridized carbons (Fsp3) is 0.357. The molecular weight excluding hydrogens is 250 g/mol. The van der Waals surface area contributed by atoms with Crippen LogP contribution in [0, 0.1) is 20.8 Å². The maximum Gasteiger partial charge on any atom is 0.0944 e. The third-order valence-corrected chi connectivity index (χ3v) is 4.07. The van der Waals surface area contributed by atoms with Gasteiger partial charge in [0.15, 0.2) is 0 Å². The molecule has 90 valence electrons. The summed E-state index contributed by atoms with van der Waals surface area (Å²) < 4.78 is 0. The molecule has 1 nitrogen and oxygen atoms in total. The first-order chi connectivity index (χ1) is 8.11. The van der Waals surface area contributed by atoms with Crippen molar-refractivity contribution in [2.75, 3.05) is 5.88 Å². The van der Waals surface area contributed by atoms with E-state index >= 15 is 0 Å². The third-order valence-electron chi connectivity index (χ3n) is 2.98. The number of rotatable bonds is 3. The number of thiazole rings is 1. The second-order valence-corrected chi connectivity index (χ2v) is 5.64. The van der Waals surface area contributed by atoms with Crippen molar-refractivity contribution in [1.29, 1.82) is 0 Å². The number of hydrogen-bond acceptors (Lipinski definition) is 2. The van der Waals surface area contributed by atoms with Gasteiger partial charge in [0.1, 0.15) is 0 Å². The predicted octanol–water partition coefficient (Wildman–Crippen LogP) is 4.52. The standard InChI is InChI=1S/C14H16ClNS/c1-9-6-11(3)12(7-10(9)2)13-8-17-14(16-13)4-5-15/h6-8H,4-5H2,1-3H3. The highest BCUT2D eigenvalue weighted by atomic mass is 35.5. The van der Waals surface area contributed by atoms with E-state index in [4.69, 9.17) is 11.6 Å². The number of hydrogen-bond donors (Lipinski definition) is 0. The normalized spacial score (nSPS) is 10.8. The van der Waals surface area contributed by atoms with Gasteiger partial charge >= 0.3 is 0 Å². The topological polar surface area (TPSA) is 12.9 Å². The Balaban J connectivity index is 2.41. The minimum atomic E-state index is 0.638. The van der Waals surface area contributed by atoms with E-state index in [9.17, 15) is 0 Å². The van der Waals surface area contributed by atoms with Crippen molar-refractivity contribution in [1.82, 2.24) is 4.98 Å². The van der Waals surface area contributed by atoms with Crippen LogP contribution < -0.4 is 0 Å². The van der Waals surface area contributed by atoms with Crippen LogP contribution >= 0.6 is 22.9 Å². The molecule has 2 aromatic rings. The second-order valence-electron chi connectivity index (χ2n) is 4.32. The molecule has 0 N–H and O–H groups in total. The molecular formula is C14H16ClNS. The Kier molecular flexibility index (Phi) is 3.85. The van der Waals surface area contributed by atoms with Gasteiger partial charge in [0, 0.05) is 23.2 Å². The van der Waals surface area contributed by atoms with E-state index in [0.717, 1.165) is 17.1 Å². The van der Waals surface area contributed by atoms with E-state index in [1.54, 1.807) is 11.3 Å². The minimum absolute atomic E-state index is 0.638. The van der Waals surface area contributed by atoms with Gasteiger partial charge in [0.25, 0.3) is 0 Å². The first-order valence-corrected chi connectivity index (χ1v) is 7.12. The van der Waals surface area contributed by atoms with Crippen LogP contribution in [0.4, 0.5) is 0 Å². The minimum Gasteiger partial charge on any atom is -0.241 e. The lowest BCUT2D eigenvalue weighted by Crippen LogP contribution is -1.90. The summed E-state index contributed by atoms with van der Waals surface area (Å²) in [5.41, 5.74) is 6.26. The maximum absolute atomic E-state index is 5.74. The smallest absolute Gasteiger partial charge is 0.0944 e. The van der Waals surface area contributed by atoms with E-state index in [-0.39, 0.29) is 0 Å². The zero-order chi connectivity index (χ0) is 12.4. The SMILES string of the molecule is Cc1cc(C)c(-c2csc(CCCl)n2)cc1C. The van der Waals surface area contributed by atoms with Crippen LogP contribution in [0.5, 0.6) is 0 Å². The lowest BCUT2D eigenvalue weighted by atomic mass is 9.99. The summed E-state index contributed by atoms with van der Waals surface area (Å²) in [6, 6.07) is 4.45. The Morgan fingerprint density at radius 2 is 1.82 bits per heavy atom. The molecule has 0 aliphatic carbocycles. The van der Waals surface area contributed by atoms with Crippen LogP contribution in [0.15, 0.2) is 17.5 Å². The fourth-order valence-corrected chi connectivity index (χ4v) is 2.96. The van der Waals surface area contributed by atoms with Crippen LogP contribution in [0.25, 0.3) is 11.3 Å². The van der Waals surface area contributed by atoms with E-state index in [1.807, 2.05) is 0 Å². The van der Waals surface area contributed by atoms with Crippen molar-refractivity contribution in [3.8, 4) is 11.3 Å². The monoisotopic (exact) mass is 265 g/mol. The summed E-state index contributed by atoms with van der Waals surface area (Å²) in [6.45, 7) is 6.43. The van der Waals surface area contributed by atoms with Gasteiger partial charge in [-0.3, -0.25) is 0 Å². The first-order valence-electron chi connectivity index (χ1n) is 5.70. The molecule has 0 bridgehead atoms. The number of halogens is 1. The summed E-state index contributed by atoms with van der Waals surface area (Å²) in [4.78, 5) is 4.64. The molecule has 0 aliphatic heterocycles. The third kappa shape index (κ3) is 2.70. The lowest BCUT2D eigenvalue weighted by Gasteiger charge is -2.07. The van der Waals surface area contributed by atoms with Gasteiger partial charge < -0.3 is 0 Å². The number of benzene rings is 1. The molecule has 0 fully saturated rings. The summed E-state index contributed by atoms with van der Waals surface area (Å²) >= 11 is 7.43. The van der Waals surface area contributed by atoms with E-state index in [1.165, 1.54) is 22.3 Å². The van der Waals surface area contributed by atoms with Crippen molar-refractivity contribution in [3.63, 3.8) is 0 Å². The molecule has 0 radical (unpaired) electrons. The van der Waals surface area contributed by atoms with Crippen LogP contribution in [0.2, 0.25) is 0 Å². The van der Waals surface area contributed by atoms with Crippen molar-refractivity contribution in [2.45, 2.75) is 27.2 Å². The largest absolute Gasteiger partial charge is 0.241 e. The zero-order valence-corrected chi connectivity index (χ0v) is 12.0. The number of nitrogens with zero attached hydrogens (tertiary/aromatic N) is 1. The van der Waals surface area contributed by atoms with Crippen molar-refractivity contribution < 1.29 is 0 Å². The van der Waals surface area contributed by atoms with Gasteiger partial charge in [-0.1, -0.05) is 6.07 Å². The van der Waals surface area contributed by atoms with E-state index in [0.29, 0.717) is 5.88 Å². The maximum atomic E-state index is 5.74. The van der Waals surface area contributed by atoms with Crippen LogP contribution in [-0.4, -0.2) is 10.9 Å². The average molecular weight is 266 g/mol. The molecule has 17 heavy (non-hydrogen) atoms. The predicted molar refractivity (Wildman–Crippen MR) is 76.2 cm³/mol. The molecule has 0 unspecified atom stereocenters. The van der Waals surface area contributed by atoms with Crippen LogP contribution in [0.3, 0.4) is 0 Å².